The van der Waals surface area contributed by atoms with Crippen LogP contribution in [0.1, 0.15) is 24.0 Å². The predicted molar refractivity (Wildman–Crippen MR) is 62.6 cm³/mol. The number of fused-ring (bicyclic) bond motifs is 1. The zero-order chi connectivity index (χ0) is 11.2. The van der Waals surface area contributed by atoms with Gasteiger partial charge in [0.2, 0.25) is 0 Å². The third kappa shape index (κ3) is 1.44. The minimum atomic E-state index is 0.360. The average molecular weight is 218 g/mol. The molecule has 2 aliphatic rings. The van der Waals surface area contributed by atoms with E-state index in [1.807, 2.05) is 6.07 Å². The van der Waals surface area contributed by atoms with Gasteiger partial charge in [-0.15, -0.1) is 0 Å². The lowest BCUT2D eigenvalue weighted by Gasteiger charge is -2.25. The molecule has 1 fully saturated rings. The van der Waals surface area contributed by atoms with Gasteiger partial charge in [-0.2, -0.15) is 0 Å². The van der Waals surface area contributed by atoms with Crippen molar-refractivity contribution >= 4 is 0 Å². The van der Waals surface area contributed by atoms with Crippen LogP contribution in [0, 0.1) is 11.3 Å². The van der Waals surface area contributed by atoms with Gasteiger partial charge in [-0.05, 0) is 60.3 Å². The summed E-state index contributed by atoms with van der Waals surface area (Å²) in [5, 5.41) is 9.25. The van der Waals surface area contributed by atoms with Crippen LogP contribution in [0.25, 0.3) is 0 Å². The molecular formula is C14H18O2. The molecule has 0 radical (unpaired) electrons. The highest BCUT2D eigenvalue weighted by Crippen LogP contribution is 2.59. The molecule has 0 saturated heterocycles. The Morgan fingerprint density at radius 3 is 3.00 bits per heavy atom. The van der Waals surface area contributed by atoms with Crippen LogP contribution < -0.4 is 4.74 Å². The summed E-state index contributed by atoms with van der Waals surface area (Å²) in [4.78, 5) is 0. The Balaban J connectivity index is 1.88. The molecular weight excluding hydrogens is 200 g/mol. The van der Waals surface area contributed by atoms with Crippen molar-refractivity contribution in [3.63, 3.8) is 0 Å². The number of ether oxygens (including phenoxy) is 1. The van der Waals surface area contributed by atoms with E-state index in [0.717, 1.165) is 18.6 Å². The number of rotatable bonds is 2. The second kappa shape index (κ2) is 3.49. The molecule has 3 rings (SSSR count). The van der Waals surface area contributed by atoms with Crippen molar-refractivity contribution in [2.45, 2.75) is 25.7 Å². The zero-order valence-corrected chi connectivity index (χ0v) is 9.70. The standard InChI is InChI=1S/C14H18O2/c1-16-13-3-2-10-4-5-14(7-11(10)6-13)8-12(14)9-15/h2-3,6,12,15H,4-5,7-9H2,1H3. The third-order valence-corrected chi connectivity index (χ3v) is 4.43. The number of aliphatic hydroxyl groups excluding tert-OH is 1. The fourth-order valence-corrected chi connectivity index (χ4v) is 3.20. The second-order valence-electron chi connectivity index (χ2n) is 5.26. The van der Waals surface area contributed by atoms with Crippen LogP contribution in [0.4, 0.5) is 0 Å². The molecule has 1 aromatic rings. The lowest BCUT2D eigenvalue weighted by Crippen LogP contribution is -2.18. The smallest absolute Gasteiger partial charge is 0.119 e. The first kappa shape index (κ1) is 10.2. The van der Waals surface area contributed by atoms with E-state index in [2.05, 4.69) is 12.1 Å². The number of aliphatic hydroxyl groups is 1. The Morgan fingerprint density at radius 1 is 1.44 bits per heavy atom. The highest BCUT2D eigenvalue weighted by atomic mass is 16.5. The lowest BCUT2D eigenvalue weighted by molar-refractivity contribution is 0.240. The number of hydrogen-bond donors (Lipinski definition) is 1. The molecule has 0 heterocycles. The fraction of sp³-hybridized carbons (Fsp3) is 0.571. The van der Waals surface area contributed by atoms with Crippen molar-refractivity contribution in [1.29, 1.82) is 0 Å². The molecule has 2 heteroatoms. The molecule has 0 aliphatic heterocycles. The van der Waals surface area contributed by atoms with Crippen LogP contribution in [0.2, 0.25) is 0 Å². The molecule has 0 aromatic heterocycles. The first-order chi connectivity index (χ1) is 7.77. The Morgan fingerprint density at radius 2 is 2.31 bits per heavy atom. The molecule has 0 amide bonds. The zero-order valence-electron chi connectivity index (χ0n) is 9.70. The van der Waals surface area contributed by atoms with Crippen molar-refractivity contribution < 1.29 is 9.84 Å². The minimum absolute atomic E-state index is 0.360. The summed E-state index contributed by atoms with van der Waals surface area (Å²) < 4.78 is 5.27. The number of benzene rings is 1. The maximum absolute atomic E-state index is 9.25. The van der Waals surface area contributed by atoms with Gasteiger partial charge in [0.15, 0.2) is 0 Å². The van der Waals surface area contributed by atoms with E-state index in [1.54, 1.807) is 7.11 Å². The molecule has 1 spiro atoms. The van der Waals surface area contributed by atoms with Gasteiger partial charge in [-0.3, -0.25) is 0 Å². The largest absolute Gasteiger partial charge is 0.497 e. The Hall–Kier alpha value is -1.02. The van der Waals surface area contributed by atoms with Gasteiger partial charge >= 0.3 is 0 Å². The van der Waals surface area contributed by atoms with Crippen LogP contribution in [-0.4, -0.2) is 18.8 Å². The summed E-state index contributed by atoms with van der Waals surface area (Å²) in [6.45, 7) is 0.360. The molecule has 0 bridgehead atoms. The number of hydrogen-bond acceptors (Lipinski definition) is 2. The van der Waals surface area contributed by atoms with Crippen LogP contribution in [-0.2, 0) is 12.8 Å². The molecule has 2 unspecified atom stereocenters. The van der Waals surface area contributed by atoms with Crippen LogP contribution in [0.5, 0.6) is 5.75 Å². The van der Waals surface area contributed by atoms with Crippen LogP contribution in [0.3, 0.4) is 0 Å². The number of methoxy groups -OCH3 is 1. The second-order valence-corrected chi connectivity index (χ2v) is 5.26. The molecule has 1 N–H and O–H groups in total. The Kier molecular flexibility index (Phi) is 2.21. The summed E-state index contributed by atoms with van der Waals surface area (Å²) in [6.07, 6.45) is 4.75. The van der Waals surface area contributed by atoms with Crippen molar-refractivity contribution in [3.8, 4) is 5.75 Å². The van der Waals surface area contributed by atoms with Gasteiger partial charge in [0.1, 0.15) is 5.75 Å². The van der Waals surface area contributed by atoms with Crippen molar-refractivity contribution in [1.82, 2.24) is 0 Å². The van der Waals surface area contributed by atoms with Gasteiger partial charge in [-0.1, -0.05) is 6.07 Å². The van der Waals surface area contributed by atoms with Crippen molar-refractivity contribution in [2.24, 2.45) is 11.3 Å². The summed E-state index contributed by atoms with van der Waals surface area (Å²) in [5.74, 6) is 1.50. The number of aryl methyl sites for hydroxylation is 1. The summed E-state index contributed by atoms with van der Waals surface area (Å²) >= 11 is 0. The van der Waals surface area contributed by atoms with Crippen LogP contribution in [0.15, 0.2) is 18.2 Å². The van der Waals surface area contributed by atoms with Gasteiger partial charge in [-0.25, -0.2) is 0 Å². The van der Waals surface area contributed by atoms with E-state index in [9.17, 15) is 5.11 Å². The summed E-state index contributed by atoms with van der Waals surface area (Å²) in [7, 11) is 1.72. The summed E-state index contributed by atoms with van der Waals surface area (Å²) in [6, 6.07) is 6.41. The molecule has 1 saturated carbocycles. The maximum Gasteiger partial charge on any atom is 0.119 e. The third-order valence-electron chi connectivity index (χ3n) is 4.43. The fourth-order valence-electron chi connectivity index (χ4n) is 3.20. The van der Waals surface area contributed by atoms with E-state index < -0.39 is 0 Å². The average Bonchev–Trinajstić information content (AvgIpc) is 3.01. The molecule has 1 aromatic carbocycles. The first-order valence-corrected chi connectivity index (χ1v) is 6.04. The quantitative estimate of drug-likeness (QED) is 0.824. The first-order valence-electron chi connectivity index (χ1n) is 6.04. The Bertz CT molecular complexity index is 413. The van der Waals surface area contributed by atoms with E-state index in [-0.39, 0.29) is 0 Å². The SMILES string of the molecule is COc1ccc2c(c1)CC1(CC2)CC1CO. The highest BCUT2D eigenvalue weighted by molar-refractivity contribution is 5.39. The van der Waals surface area contributed by atoms with Crippen LogP contribution >= 0.6 is 0 Å². The molecule has 2 atom stereocenters. The molecule has 2 nitrogen and oxygen atoms in total. The molecule has 2 aliphatic carbocycles. The molecule has 86 valence electrons. The van der Waals surface area contributed by atoms with E-state index in [0.29, 0.717) is 17.9 Å². The van der Waals surface area contributed by atoms with E-state index in [1.165, 1.54) is 24.0 Å². The summed E-state index contributed by atoms with van der Waals surface area (Å²) in [5.41, 5.74) is 3.32. The molecule has 16 heavy (non-hydrogen) atoms. The van der Waals surface area contributed by atoms with E-state index >= 15 is 0 Å². The predicted octanol–water partition coefficient (Wildman–Crippen LogP) is 2.18. The normalized spacial score (nSPS) is 31.2. The topological polar surface area (TPSA) is 29.5 Å². The van der Waals surface area contributed by atoms with E-state index in [4.69, 9.17) is 4.74 Å². The van der Waals surface area contributed by atoms with Gasteiger partial charge in [0, 0.05) is 6.61 Å². The highest BCUT2D eigenvalue weighted by Gasteiger charge is 2.54. The monoisotopic (exact) mass is 218 g/mol. The maximum atomic E-state index is 9.25. The Labute approximate surface area is 96.2 Å². The lowest BCUT2D eigenvalue weighted by atomic mass is 9.80. The van der Waals surface area contributed by atoms with Gasteiger partial charge in [0.25, 0.3) is 0 Å². The van der Waals surface area contributed by atoms with Crippen molar-refractivity contribution in [2.75, 3.05) is 13.7 Å². The van der Waals surface area contributed by atoms with Gasteiger partial charge < -0.3 is 9.84 Å². The van der Waals surface area contributed by atoms with Crippen molar-refractivity contribution in [3.05, 3.63) is 29.3 Å². The minimum Gasteiger partial charge on any atom is -0.497 e. The van der Waals surface area contributed by atoms with Gasteiger partial charge in [0.05, 0.1) is 7.11 Å².